The minimum absolute atomic E-state index is 0.0161. The molecule has 1 aliphatic carbocycles. The van der Waals surface area contributed by atoms with Crippen molar-refractivity contribution < 1.29 is 9.53 Å². The molecule has 6 nitrogen and oxygen atoms in total. The average molecular weight is 370 g/mol. The Morgan fingerprint density at radius 2 is 2.23 bits per heavy atom. The lowest BCUT2D eigenvalue weighted by atomic mass is 10.2. The lowest BCUT2D eigenvalue weighted by Gasteiger charge is -2.12. The van der Waals surface area contributed by atoms with E-state index in [1.807, 2.05) is 45.0 Å². The number of carbonyl (C=O) groups is 1. The van der Waals surface area contributed by atoms with Gasteiger partial charge in [-0.15, -0.1) is 0 Å². The third kappa shape index (κ3) is 3.19. The summed E-state index contributed by atoms with van der Waals surface area (Å²) in [6, 6.07) is 7.87. The Bertz CT molecular complexity index is 915. The Hall–Kier alpha value is -2.41. The highest BCUT2D eigenvalue weighted by Gasteiger charge is 2.46. The van der Waals surface area contributed by atoms with Crippen molar-refractivity contribution in [2.45, 2.75) is 39.2 Å². The molecule has 136 valence electrons. The number of nitrogens with one attached hydrogen (secondary N) is 2. The molecular formula is C19H22N4O2S. The number of thiazole rings is 1. The number of para-hydroxylation sites is 2. The highest BCUT2D eigenvalue weighted by molar-refractivity contribution is 7.13. The minimum Gasteiger partial charge on any atom is -0.470 e. The van der Waals surface area contributed by atoms with E-state index in [1.54, 1.807) is 0 Å². The van der Waals surface area contributed by atoms with Gasteiger partial charge in [-0.3, -0.25) is 4.79 Å². The molecule has 4 rings (SSSR count). The average Bonchev–Trinajstić information content (AvgIpc) is 3.17. The first kappa shape index (κ1) is 17.0. The monoisotopic (exact) mass is 370 g/mol. The fourth-order valence-corrected chi connectivity index (χ4v) is 4.27. The van der Waals surface area contributed by atoms with Gasteiger partial charge in [0.15, 0.2) is 0 Å². The molecule has 1 aromatic carbocycles. The van der Waals surface area contributed by atoms with Gasteiger partial charge in [0.1, 0.15) is 5.82 Å². The van der Waals surface area contributed by atoms with Crippen LogP contribution in [0.3, 0.4) is 0 Å². The standard InChI is InChI=1S/C19H22N4O2S/c1-4-25-19-21-11(3)16(26-19)10(2)20-18(24)13-9-12(13)17-22-14-7-5-6-8-15(14)23-17/h5-8,10,12-13H,4,9H2,1-3H3,(H,20,24)(H,22,23)/t10-,12+,13+/m1/s1. The van der Waals surface area contributed by atoms with Crippen molar-refractivity contribution >= 4 is 28.3 Å². The first-order chi connectivity index (χ1) is 12.6. The molecule has 2 N–H and O–H groups in total. The van der Waals surface area contributed by atoms with E-state index in [1.165, 1.54) is 11.3 Å². The van der Waals surface area contributed by atoms with Crippen LogP contribution in [0.15, 0.2) is 24.3 Å². The summed E-state index contributed by atoms with van der Waals surface area (Å²) < 4.78 is 5.47. The van der Waals surface area contributed by atoms with Gasteiger partial charge < -0.3 is 15.0 Å². The Balaban J connectivity index is 1.41. The predicted molar refractivity (Wildman–Crippen MR) is 102 cm³/mol. The van der Waals surface area contributed by atoms with E-state index < -0.39 is 0 Å². The molecule has 0 radical (unpaired) electrons. The number of aromatic nitrogens is 3. The van der Waals surface area contributed by atoms with Crippen molar-refractivity contribution in [1.29, 1.82) is 0 Å². The SMILES string of the molecule is CCOc1nc(C)c([C@@H](C)NC(=O)[C@H]2C[C@@H]2c2nc3ccccc3[nH]2)s1. The third-order valence-corrected chi connectivity index (χ3v) is 5.97. The van der Waals surface area contributed by atoms with Gasteiger partial charge in [0.25, 0.3) is 5.19 Å². The maximum atomic E-state index is 12.6. The van der Waals surface area contributed by atoms with Crippen molar-refractivity contribution in [3.05, 3.63) is 40.7 Å². The number of H-pyrrole nitrogens is 1. The number of aryl methyl sites for hydroxylation is 1. The number of hydrogen-bond donors (Lipinski definition) is 2. The van der Waals surface area contributed by atoms with Gasteiger partial charge in [-0.1, -0.05) is 23.5 Å². The van der Waals surface area contributed by atoms with Crippen molar-refractivity contribution in [1.82, 2.24) is 20.3 Å². The summed E-state index contributed by atoms with van der Waals surface area (Å²) in [5.41, 5.74) is 2.88. The fourth-order valence-electron chi connectivity index (χ4n) is 3.29. The van der Waals surface area contributed by atoms with Crippen LogP contribution in [-0.2, 0) is 4.79 Å². The first-order valence-corrected chi connectivity index (χ1v) is 9.73. The number of aromatic amines is 1. The molecule has 1 aliphatic rings. The molecule has 0 unspecified atom stereocenters. The van der Waals surface area contributed by atoms with E-state index in [9.17, 15) is 4.79 Å². The molecule has 3 aromatic rings. The summed E-state index contributed by atoms with van der Waals surface area (Å²) in [6.45, 7) is 6.47. The quantitative estimate of drug-likeness (QED) is 0.693. The van der Waals surface area contributed by atoms with Gasteiger partial charge in [0.05, 0.1) is 34.3 Å². The molecule has 0 spiro atoms. The van der Waals surface area contributed by atoms with E-state index in [0.29, 0.717) is 11.8 Å². The third-order valence-electron chi connectivity index (χ3n) is 4.72. The summed E-state index contributed by atoms with van der Waals surface area (Å²) >= 11 is 1.50. The van der Waals surface area contributed by atoms with Crippen LogP contribution in [0.2, 0.25) is 0 Å². The topological polar surface area (TPSA) is 79.9 Å². The number of amides is 1. The highest BCUT2D eigenvalue weighted by Crippen LogP contribution is 2.47. The molecule has 0 aliphatic heterocycles. The Morgan fingerprint density at radius 1 is 1.42 bits per heavy atom. The van der Waals surface area contributed by atoms with Crippen LogP contribution in [0.1, 0.15) is 48.6 Å². The number of rotatable bonds is 6. The van der Waals surface area contributed by atoms with Crippen molar-refractivity contribution in [2.24, 2.45) is 5.92 Å². The number of nitrogens with zero attached hydrogens (tertiary/aromatic N) is 2. The summed E-state index contributed by atoms with van der Waals surface area (Å²) in [4.78, 5) is 26.0. The van der Waals surface area contributed by atoms with Crippen LogP contribution in [0.25, 0.3) is 11.0 Å². The second-order valence-electron chi connectivity index (χ2n) is 6.68. The van der Waals surface area contributed by atoms with Gasteiger partial charge in [-0.25, -0.2) is 9.97 Å². The van der Waals surface area contributed by atoms with Crippen LogP contribution in [0.5, 0.6) is 5.19 Å². The Kier molecular flexibility index (Phi) is 4.40. The van der Waals surface area contributed by atoms with Crippen molar-refractivity contribution in [3.8, 4) is 5.19 Å². The number of benzene rings is 1. The van der Waals surface area contributed by atoms with Gasteiger partial charge in [-0.05, 0) is 39.3 Å². The zero-order valence-electron chi connectivity index (χ0n) is 15.1. The van der Waals surface area contributed by atoms with Gasteiger partial charge in [-0.2, -0.15) is 0 Å². The summed E-state index contributed by atoms with van der Waals surface area (Å²) in [5.74, 6) is 1.15. The summed E-state index contributed by atoms with van der Waals surface area (Å²) in [5, 5.41) is 3.78. The normalized spacial score (nSPS) is 20.1. The van der Waals surface area contributed by atoms with Gasteiger partial charge in [0.2, 0.25) is 5.91 Å². The van der Waals surface area contributed by atoms with Gasteiger partial charge in [0, 0.05) is 11.8 Å². The Labute approximate surface area is 156 Å². The van der Waals surface area contributed by atoms with E-state index >= 15 is 0 Å². The predicted octanol–water partition coefficient (Wildman–Crippen LogP) is 3.71. The van der Waals surface area contributed by atoms with Gasteiger partial charge >= 0.3 is 0 Å². The molecule has 3 atom stereocenters. The van der Waals surface area contributed by atoms with Crippen LogP contribution < -0.4 is 10.1 Å². The molecule has 0 saturated heterocycles. The zero-order valence-corrected chi connectivity index (χ0v) is 15.9. The van der Waals surface area contributed by atoms with Crippen LogP contribution in [-0.4, -0.2) is 27.5 Å². The summed E-state index contributed by atoms with van der Waals surface area (Å²) in [7, 11) is 0. The lowest BCUT2D eigenvalue weighted by molar-refractivity contribution is -0.123. The number of fused-ring (bicyclic) bond motifs is 1. The first-order valence-electron chi connectivity index (χ1n) is 8.92. The van der Waals surface area contributed by atoms with E-state index in [-0.39, 0.29) is 23.8 Å². The fraction of sp³-hybridized carbons (Fsp3) is 0.421. The van der Waals surface area contributed by atoms with Crippen LogP contribution in [0.4, 0.5) is 0 Å². The molecule has 2 heterocycles. The second-order valence-corrected chi connectivity index (χ2v) is 7.67. The molecule has 7 heteroatoms. The van der Waals surface area contributed by atoms with E-state index in [0.717, 1.165) is 33.8 Å². The second kappa shape index (κ2) is 6.72. The highest BCUT2D eigenvalue weighted by atomic mass is 32.1. The number of hydrogen-bond acceptors (Lipinski definition) is 5. The van der Waals surface area contributed by atoms with Crippen molar-refractivity contribution in [3.63, 3.8) is 0 Å². The minimum atomic E-state index is -0.0777. The van der Waals surface area contributed by atoms with Crippen LogP contribution in [0, 0.1) is 12.8 Å². The van der Waals surface area contributed by atoms with Crippen LogP contribution >= 0.6 is 11.3 Å². The smallest absolute Gasteiger partial charge is 0.273 e. The maximum Gasteiger partial charge on any atom is 0.273 e. The Morgan fingerprint density at radius 3 is 3.00 bits per heavy atom. The lowest BCUT2D eigenvalue weighted by Crippen LogP contribution is -2.28. The van der Waals surface area contributed by atoms with E-state index in [2.05, 4.69) is 20.3 Å². The summed E-state index contributed by atoms with van der Waals surface area (Å²) in [6.07, 6.45) is 0.838. The molecular weight excluding hydrogens is 348 g/mol. The molecule has 0 bridgehead atoms. The van der Waals surface area contributed by atoms with E-state index in [4.69, 9.17) is 4.74 Å². The number of imidazole rings is 1. The largest absolute Gasteiger partial charge is 0.470 e. The number of ether oxygens (including phenoxy) is 1. The maximum absolute atomic E-state index is 12.6. The van der Waals surface area contributed by atoms with Crippen molar-refractivity contribution in [2.75, 3.05) is 6.61 Å². The molecule has 26 heavy (non-hydrogen) atoms. The molecule has 1 saturated carbocycles. The zero-order chi connectivity index (χ0) is 18.3. The number of carbonyl (C=O) groups excluding carboxylic acids is 1. The molecule has 2 aromatic heterocycles. The molecule has 1 fully saturated rings. The molecule has 1 amide bonds.